The second-order valence-electron chi connectivity index (χ2n) is 4.63. The molecule has 0 aliphatic heterocycles. The van der Waals surface area contributed by atoms with Crippen LogP contribution in [0.1, 0.15) is 34.2 Å². The molecule has 2 rings (SSSR count). The van der Waals surface area contributed by atoms with E-state index < -0.39 is 23.4 Å². The quantitative estimate of drug-likeness (QED) is 0.668. The minimum Gasteiger partial charge on any atom is -0.462 e. The third-order valence-corrected chi connectivity index (χ3v) is 3.05. The molecule has 2 aromatic rings. The van der Waals surface area contributed by atoms with Gasteiger partial charge in [-0.2, -0.15) is 0 Å². The molecular weight excluding hydrogens is 323 g/mol. The van der Waals surface area contributed by atoms with Crippen LogP contribution >= 0.6 is 11.6 Å². The van der Waals surface area contributed by atoms with E-state index in [-0.39, 0.29) is 5.15 Å². The summed E-state index contributed by atoms with van der Waals surface area (Å²) >= 11 is 5.65. The van der Waals surface area contributed by atoms with Gasteiger partial charge in [0.15, 0.2) is 11.5 Å². The van der Waals surface area contributed by atoms with Gasteiger partial charge in [-0.1, -0.05) is 18.5 Å². The Morgan fingerprint density at radius 1 is 1.22 bits per heavy atom. The Morgan fingerprint density at radius 2 is 1.91 bits per heavy atom. The molecule has 1 heterocycles. The zero-order valence-corrected chi connectivity index (χ0v) is 13.1. The van der Waals surface area contributed by atoms with Gasteiger partial charge >= 0.3 is 5.97 Å². The predicted octanol–water partition coefficient (Wildman–Crippen LogP) is 3.69. The molecule has 0 unspecified atom stereocenters. The molecule has 0 spiro atoms. The Bertz CT molecular complexity index is 720. The third-order valence-electron chi connectivity index (χ3n) is 2.84. The molecule has 0 fully saturated rings. The Hall–Kier alpha value is -2.47. The number of hydrogen-bond donors (Lipinski definition) is 1. The number of carbonyl (C=O) groups excluding carboxylic acids is 2. The zero-order chi connectivity index (χ0) is 16.8. The van der Waals surface area contributed by atoms with Gasteiger partial charge in [-0.05, 0) is 42.8 Å². The fourth-order valence-corrected chi connectivity index (χ4v) is 1.88. The van der Waals surface area contributed by atoms with Gasteiger partial charge in [-0.25, -0.2) is 14.2 Å². The monoisotopic (exact) mass is 336 g/mol. The first-order valence-electron chi connectivity index (χ1n) is 6.92. The number of halogens is 2. The van der Waals surface area contributed by atoms with E-state index in [9.17, 15) is 14.0 Å². The zero-order valence-electron chi connectivity index (χ0n) is 12.3. The van der Waals surface area contributed by atoms with Crippen molar-refractivity contribution in [1.82, 2.24) is 4.98 Å². The van der Waals surface area contributed by atoms with Crippen LogP contribution in [-0.2, 0) is 4.74 Å². The fraction of sp³-hybridized carbons (Fsp3) is 0.188. The molecule has 120 valence electrons. The SMILES string of the molecule is CCCOC(=O)c1ccc(NC(=O)c2nc(Cl)ccc2F)cc1. The summed E-state index contributed by atoms with van der Waals surface area (Å²) in [6.07, 6.45) is 0.734. The summed E-state index contributed by atoms with van der Waals surface area (Å²) in [6.45, 7) is 2.24. The van der Waals surface area contributed by atoms with Crippen molar-refractivity contribution in [1.29, 1.82) is 0 Å². The molecule has 0 aliphatic rings. The number of rotatable bonds is 5. The van der Waals surface area contributed by atoms with Crippen molar-refractivity contribution in [3.63, 3.8) is 0 Å². The maximum atomic E-state index is 13.6. The number of esters is 1. The number of benzene rings is 1. The Labute approximate surface area is 137 Å². The van der Waals surface area contributed by atoms with Crippen LogP contribution in [-0.4, -0.2) is 23.5 Å². The van der Waals surface area contributed by atoms with Crippen molar-refractivity contribution < 1.29 is 18.7 Å². The standard InChI is InChI=1S/C16H14ClFN2O3/c1-2-9-23-16(22)10-3-5-11(6-4-10)19-15(21)14-12(18)7-8-13(17)20-14/h3-8H,2,9H2,1H3,(H,19,21). The van der Waals surface area contributed by atoms with E-state index in [4.69, 9.17) is 16.3 Å². The first-order chi connectivity index (χ1) is 11.0. The lowest BCUT2D eigenvalue weighted by molar-refractivity contribution is 0.0505. The lowest BCUT2D eigenvalue weighted by atomic mass is 10.2. The number of anilines is 1. The summed E-state index contributed by atoms with van der Waals surface area (Å²) in [5.74, 6) is -1.94. The minimum absolute atomic E-state index is 0.0190. The molecule has 1 aromatic carbocycles. The summed E-state index contributed by atoms with van der Waals surface area (Å²) in [4.78, 5) is 27.3. The van der Waals surface area contributed by atoms with Gasteiger partial charge in [0, 0.05) is 5.69 Å². The smallest absolute Gasteiger partial charge is 0.338 e. The third kappa shape index (κ3) is 4.50. The Morgan fingerprint density at radius 3 is 2.57 bits per heavy atom. The molecule has 5 nitrogen and oxygen atoms in total. The molecule has 0 saturated carbocycles. The fourth-order valence-electron chi connectivity index (χ4n) is 1.74. The largest absolute Gasteiger partial charge is 0.462 e. The van der Waals surface area contributed by atoms with E-state index in [0.717, 1.165) is 12.5 Å². The van der Waals surface area contributed by atoms with E-state index in [0.29, 0.717) is 17.9 Å². The summed E-state index contributed by atoms with van der Waals surface area (Å²) in [6, 6.07) is 8.37. The van der Waals surface area contributed by atoms with Gasteiger partial charge in [-0.15, -0.1) is 0 Å². The summed E-state index contributed by atoms with van der Waals surface area (Å²) in [5, 5.41) is 2.50. The van der Waals surface area contributed by atoms with Crippen LogP contribution in [0.4, 0.5) is 10.1 Å². The highest BCUT2D eigenvalue weighted by molar-refractivity contribution is 6.29. The molecule has 1 amide bonds. The number of amides is 1. The van der Waals surface area contributed by atoms with Gasteiger partial charge < -0.3 is 10.1 Å². The molecule has 7 heteroatoms. The molecule has 23 heavy (non-hydrogen) atoms. The predicted molar refractivity (Wildman–Crippen MR) is 84.2 cm³/mol. The van der Waals surface area contributed by atoms with Gasteiger partial charge in [0.1, 0.15) is 5.15 Å². The summed E-state index contributed by atoms with van der Waals surface area (Å²) in [5.41, 5.74) is 0.357. The number of ether oxygens (including phenoxy) is 1. The highest BCUT2D eigenvalue weighted by Gasteiger charge is 2.15. The van der Waals surface area contributed by atoms with Gasteiger partial charge in [0.2, 0.25) is 0 Å². The molecule has 1 aromatic heterocycles. The summed E-state index contributed by atoms with van der Waals surface area (Å²) < 4.78 is 18.6. The highest BCUT2D eigenvalue weighted by atomic mass is 35.5. The van der Waals surface area contributed by atoms with E-state index in [1.165, 1.54) is 30.3 Å². The first kappa shape index (κ1) is 16.9. The molecule has 0 saturated heterocycles. The van der Waals surface area contributed by atoms with Crippen LogP contribution in [0, 0.1) is 5.82 Å². The highest BCUT2D eigenvalue weighted by Crippen LogP contribution is 2.15. The van der Waals surface area contributed by atoms with E-state index in [1.54, 1.807) is 0 Å². The van der Waals surface area contributed by atoms with E-state index >= 15 is 0 Å². The number of nitrogens with zero attached hydrogens (tertiary/aromatic N) is 1. The van der Waals surface area contributed by atoms with Gasteiger partial charge in [0.05, 0.1) is 12.2 Å². The Balaban J connectivity index is 2.07. The van der Waals surface area contributed by atoms with Crippen LogP contribution in [0.3, 0.4) is 0 Å². The van der Waals surface area contributed by atoms with Gasteiger partial charge in [0.25, 0.3) is 5.91 Å². The average molecular weight is 337 g/mol. The van der Waals surface area contributed by atoms with Gasteiger partial charge in [-0.3, -0.25) is 4.79 Å². The average Bonchev–Trinajstić information content (AvgIpc) is 2.55. The second kappa shape index (κ2) is 7.69. The second-order valence-corrected chi connectivity index (χ2v) is 5.02. The molecule has 0 bridgehead atoms. The Kier molecular flexibility index (Phi) is 5.65. The first-order valence-corrected chi connectivity index (χ1v) is 7.29. The van der Waals surface area contributed by atoms with E-state index in [1.807, 2.05) is 6.92 Å². The van der Waals surface area contributed by atoms with Crippen molar-refractivity contribution in [3.8, 4) is 0 Å². The minimum atomic E-state index is -0.772. The number of carbonyl (C=O) groups is 2. The molecular formula is C16H14ClFN2O3. The maximum Gasteiger partial charge on any atom is 0.338 e. The number of aromatic nitrogens is 1. The van der Waals surface area contributed by atoms with Crippen LogP contribution in [0.2, 0.25) is 5.15 Å². The molecule has 0 aliphatic carbocycles. The van der Waals surface area contributed by atoms with Crippen molar-refractivity contribution in [2.24, 2.45) is 0 Å². The molecule has 0 radical (unpaired) electrons. The van der Waals surface area contributed by atoms with Crippen molar-refractivity contribution >= 4 is 29.2 Å². The number of pyridine rings is 1. The normalized spacial score (nSPS) is 10.2. The van der Waals surface area contributed by atoms with E-state index in [2.05, 4.69) is 10.3 Å². The lowest BCUT2D eigenvalue weighted by Gasteiger charge is -2.07. The van der Waals surface area contributed by atoms with Crippen molar-refractivity contribution in [2.75, 3.05) is 11.9 Å². The summed E-state index contributed by atoms with van der Waals surface area (Å²) in [7, 11) is 0. The lowest BCUT2D eigenvalue weighted by Crippen LogP contribution is -2.16. The van der Waals surface area contributed by atoms with Crippen LogP contribution in [0.15, 0.2) is 36.4 Å². The van der Waals surface area contributed by atoms with Crippen molar-refractivity contribution in [2.45, 2.75) is 13.3 Å². The van der Waals surface area contributed by atoms with Crippen LogP contribution in [0.25, 0.3) is 0 Å². The topological polar surface area (TPSA) is 68.3 Å². The van der Waals surface area contributed by atoms with Crippen LogP contribution < -0.4 is 5.32 Å². The molecule has 1 N–H and O–H groups in total. The van der Waals surface area contributed by atoms with Crippen LogP contribution in [0.5, 0.6) is 0 Å². The number of nitrogens with one attached hydrogen (secondary N) is 1. The maximum absolute atomic E-state index is 13.6. The molecule has 0 atom stereocenters. The number of hydrogen-bond acceptors (Lipinski definition) is 4. The van der Waals surface area contributed by atoms with Crippen molar-refractivity contribution in [3.05, 3.63) is 58.6 Å².